The van der Waals surface area contributed by atoms with Gasteiger partial charge in [-0.05, 0) is 19.1 Å². The van der Waals surface area contributed by atoms with Gasteiger partial charge in [0.05, 0.1) is 5.69 Å². The second kappa shape index (κ2) is 6.53. The molecule has 0 unspecified atom stereocenters. The predicted octanol–water partition coefficient (Wildman–Crippen LogP) is 4.56. The minimum absolute atomic E-state index is 0.0499. The Morgan fingerprint density at radius 2 is 1.88 bits per heavy atom. The Bertz CT molecular complexity index is 890. The first-order valence-corrected chi connectivity index (χ1v) is 7.64. The molecule has 0 radical (unpaired) electrons. The van der Waals surface area contributed by atoms with Gasteiger partial charge in [-0.1, -0.05) is 29.8 Å². The summed E-state index contributed by atoms with van der Waals surface area (Å²) in [6.45, 7) is 1.83. The number of nitrogen functional groups attached to an aromatic ring is 1. The Labute approximate surface area is 143 Å². The molecule has 122 valence electrons. The Morgan fingerprint density at radius 1 is 1.12 bits per heavy atom. The molecule has 0 aliphatic carbocycles. The molecule has 24 heavy (non-hydrogen) atoms. The van der Waals surface area contributed by atoms with Gasteiger partial charge in [0.25, 0.3) is 0 Å². The van der Waals surface area contributed by atoms with Gasteiger partial charge in [0, 0.05) is 45.6 Å². The summed E-state index contributed by atoms with van der Waals surface area (Å²) >= 11 is 6.29. The van der Waals surface area contributed by atoms with Crippen LogP contribution in [-0.4, -0.2) is 9.97 Å². The molecule has 3 nitrogen and oxygen atoms in total. The fourth-order valence-electron chi connectivity index (χ4n) is 2.65. The Morgan fingerprint density at radius 3 is 2.58 bits per heavy atom. The second-order valence-corrected chi connectivity index (χ2v) is 5.80. The van der Waals surface area contributed by atoms with Crippen molar-refractivity contribution in [3.63, 3.8) is 0 Å². The Kier molecular flexibility index (Phi) is 4.44. The fraction of sp³-hybridized carbons (Fsp3) is 0.111. The SMILES string of the molecule is Cc1ncnc(Cc2c(N)cc(F)cc2F)c1-c1ccccc1Cl. The fourth-order valence-corrected chi connectivity index (χ4v) is 2.88. The first-order valence-electron chi connectivity index (χ1n) is 7.26. The Balaban J connectivity index is 2.14. The standard InChI is InChI=1S/C18H14ClF2N3/c1-10-18(12-4-2-3-5-14(12)19)17(24-9-23-10)8-13-15(21)6-11(20)7-16(13)22/h2-7,9H,8,22H2,1H3. The Hall–Kier alpha value is -2.53. The number of benzene rings is 2. The van der Waals surface area contributed by atoms with Crippen molar-refractivity contribution in [3.05, 3.63) is 76.3 Å². The molecule has 0 fully saturated rings. The summed E-state index contributed by atoms with van der Waals surface area (Å²) in [5.74, 6) is -1.41. The highest BCUT2D eigenvalue weighted by molar-refractivity contribution is 6.33. The zero-order valence-corrected chi connectivity index (χ0v) is 13.6. The van der Waals surface area contributed by atoms with E-state index in [0.717, 1.165) is 23.3 Å². The van der Waals surface area contributed by atoms with Crippen LogP contribution in [-0.2, 0) is 6.42 Å². The van der Waals surface area contributed by atoms with Crippen LogP contribution in [0.15, 0.2) is 42.7 Å². The second-order valence-electron chi connectivity index (χ2n) is 5.39. The largest absolute Gasteiger partial charge is 0.398 e. The van der Waals surface area contributed by atoms with E-state index in [2.05, 4.69) is 9.97 Å². The van der Waals surface area contributed by atoms with E-state index in [0.29, 0.717) is 16.4 Å². The van der Waals surface area contributed by atoms with Gasteiger partial charge >= 0.3 is 0 Å². The number of aromatic nitrogens is 2. The van der Waals surface area contributed by atoms with Crippen LogP contribution in [0.5, 0.6) is 0 Å². The van der Waals surface area contributed by atoms with Gasteiger partial charge in [0.15, 0.2) is 0 Å². The van der Waals surface area contributed by atoms with Crippen LogP contribution in [0.2, 0.25) is 5.02 Å². The van der Waals surface area contributed by atoms with Gasteiger partial charge in [0.2, 0.25) is 0 Å². The van der Waals surface area contributed by atoms with Crippen LogP contribution in [0, 0.1) is 18.6 Å². The third kappa shape index (κ3) is 3.08. The number of rotatable bonds is 3. The van der Waals surface area contributed by atoms with Crippen molar-refractivity contribution in [1.82, 2.24) is 9.97 Å². The lowest BCUT2D eigenvalue weighted by atomic mass is 9.97. The summed E-state index contributed by atoms with van der Waals surface area (Å²) < 4.78 is 27.4. The van der Waals surface area contributed by atoms with Gasteiger partial charge in [-0.15, -0.1) is 0 Å². The normalized spacial score (nSPS) is 10.8. The van der Waals surface area contributed by atoms with E-state index in [1.807, 2.05) is 25.1 Å². The molecule has 0 amide bonds. The van der Waals surface area contributed by atoms with Gasteiger partial charge in [-0.3, -0.25) is 0 Å². The summed E-state index contributed by atoms with van der Waals surface area (Å²) in [6.07, 6.45) is 1.52. The first-order chi connectivity index (χ1) is 11.5. The molecule has 1 heterocycles. The number of hydrogen-bond acceptors (Lipinski definition) is 3. The quantitative estimate of drug-likeness (QED) is 0.708. The molecular weight excluding hydrogens is 332 g/mol. The van der Waals surface area contributed by atoms with Crippen LogP contribution >= 0.6 is 11.6 Å². The lowest BCUT2D eigenvalue weighted by Crippen LogP contribution is -2.05. The van der Waals surface area contributed by atoms with Gasteiger partial charge in [-0.25, -0.2) is 18.7 Å². The van der Waals surface area contributed by atoms with Crippen LogP contribution in [0.25, 0.3) is 11.1 Å². The van der Waals surface area contributed by atoms with E-state index in [4.69, 9.17) is 17.3 Å². The highest BCUT2D eigenvalue weighted by Crippen LogP contribution is 2.33. The zero-order chi connectivity index (χ0) is 17.3. The molecule has 2 aromatic carbocycles. The summed E-state index contributed by atoms with van der Waals surface area (Å²) in [4.78, 5) is 8.47. The molecule has 0 saturated heterocycles. The number of aryl methyl sites for hydroxylation is 1. The van der Waals surface area contributed by atoms with Crippen molar-refractivity contribution in [3.8, 4) is 11.1 Å². The topological polar surface area (TPSA) is 51.8 Å². The van der Waals surface area contributed by atoms with Crippen LogP contribution in [0.3, 0.4) is 0 Å². The molecule has 3 rings (SSSR count). The third-order valence-corrected chi connectivity index (χ3v) is 4.13. The lowest BCUT2D eigenvalue weighted by Gasteiger charge is -2.14. The molecule has 0 atom stereocenters. The number of nitrogens with zero attached hydrogens (tertiary/aromatic N) is 2. The van der Waals surface area contributed by atoms with E-state index >= 15 is 0 Å². The van der Waals surface area contributed by atoms with Crippen molar-refractivity contribution in [1.29, 1.82) is 0 Å². The summed E-state index contributed by atoms with van der Waals surface area (Å²) in [7, 11) is 0. The van der Waals surface area contributed by atoms with E-state index < -0.39 is 11.6 Å². The number of halogens is 3. The molecule has 2 N–H and O–H groups in total. The summed E-state index contributed by atoms with van der Waals surface area (Å²) in [5.41, 5.74) is 8.80. The smallest absolute Gasteiger partial charge is 0.131 e. The first kappa shape index (κ1) is 16.3. The highest BCUT2D eigenvalue weighted by Gasteiger charge is 2.17. The van der Waals surface area contributed by atoms with Crippen LogP contribution < -0.4 is 5.73 Å². The molecule has 0 aliphatic rings. The van der Waals surface area contributed by atoms with Crippen molar-refractivity contribution < 1.29 is 8.78 Å². The van der Waals surface area contributed by atoms with Crippen molar-refractivity contribution in [2.45, 2.75) is 13.3 Å². The minimum atomic E-state index is -0.709. The van der Waals surface area contributed by atoms with Crippen molar-refractivity contribution in [2.24, 2.45) is 0 Å². The predicted molar refractivity (Wildman–Crippen MR) is 90.8 cm³/mol. The summed E-state index contributed by atoms with van der Waals surface area (Å²) in [6, 6.07) is 9.20. The third-order valence-electron chi connectivity index (χ3n) is 3.80. The monoisotopic (exact) mass is 345 g/mol. The molecule has 1 aromatic heterocycles. The van der Waals surface area contributed by atoms with Gasteiger partial charge < -0.3 is 5.73 Å². The maximum atomic E-state index is 14.1. The average Bonchev–Trinajstić information content (AvgIpc) is 2.52. The maximum absolute atomic E-state index is 14.1. The molecule has 6 heteroatoms. The molecule has 0 aliphatic heterocycles. The molecular formula is C18H14ClF2N3. The molecule has 0 bridgehead atoms. The molecule has 3 aromatic rings. The van der Waals surface area contributed by atoms with E-state index in [9.17, 15) is 8.78 Å². The number of nitrogens with two attached hydrogens (primary N) is 1. The van der Waals surface area contributed by atoms with Crippen LogP contribution in [0.4, 0.5) is 14.5 Å². The highest BCUT2D eigenvalue weighted by atomic mass is 35.5. The number of hydrogen-bond donors (Lipinski definition) is 1. The average molecular weight is 346 g/mol. The van der Waals surface area contributed by atoms with Crippen molar-refractivity contribution >= 4 is 17.3 Å². The van der Waals surface area contributed by atoms with Crippen LogP contribution in [0.1, 0.15) is 17.0 Å². The lowest BCUT2D eigenvalue weighted by molar-refractivity contribution is 0.575. The van der Waals surface area contributed by atoms with E-state index in [1.165, 1.54) is 6.33 Å². The van der Waals surface area contributed by atoms with Gasteiger partial charge in [0.1, 0.15) is 18.0 Å². The zero-order valence-electron chi connectivity index (χ0n) is 12.9. The minimum Gasteiger partial charge on any atom is -0.398 e. The molecule has 0 spiro atoms. The maximum Gasteiger partial charge on any atom is 0.131 e. The summed E-state index contributed by atoms with van der Waals surface area (Å²) in [5, 5.41) is 0.546. The van der Waals surface area contributed by atoms with Gasteiger partial charge in [-0.2, -0.15) is 0 Å². The van der Waals surface area contributed by atoms with E-state index in [1.54, 1.807) is 6.07 Å². The van der Waals surface area contributed by atoms with E-state index in [-0.39, 0.29) is 17.7 Å². The molecule has 0 saturated carbocycles. The van der Waals surface area contributed by atoms with Crippen molar-refractivity contribution in [2.75, 3.05) is 5.73 Å². The number of anilines is 1.